The normalized spacial score (nSPS) is 18.0. The predicted molar refractivity (Wildman–Crippen MR) is 66.8 cm³/mol. The molecule has 0 radical (unpaired) electrons. The summed E-state index contributed by atoms with van der Waals surface area (Å²) in [6.45, 7) is 3.30. The van der Waals surface area contributed by atoms with Crippen molar-refractivity contribution in [1.82, 2.24) is 19.7 Å². The average molecular weight is 231 g/mol. The third kappa shape index (κ3) is 1.75. The largest absolute Gasteiger partial charge is 0.369 e. The first-order valence-electron chi connectivity index (χ1n) is 6.05. The van der Waals surface area contributed by atoms with E-state index in [9.17, 15) is 0 Å². The Balaban J connectivity index is 1.85. The third-order valence-electron chi connectivity index (χ3n) is 3.77. The SMILES string of the molecule is Cn1ncc2c(NCC3(C)CCC3)ncnc21. The number of fused-ring (bicyclic) bond motifs is 1. The van der Waals surface area contributed by atoms with Gasteiger partial charge in [0.05, 0.1) is 11.6 Å². The fourth-order valence-electron chi connectivity index (χ4n) is 2.36. The van der Waals surface area contributed by atoms with E-state index in [1.807, 2.05) is 13.2 Å². The van der Waals surface area contributed by atoms with Crippen molar-refractivity contribution in [3.63, 3.8) is 0 Å². The fraction of sp³-hybridized carbons (Fsp3) is 0.583. The summed E-state index contributed by atoms with van der Waals surface area (Å²) in [6, 6.07) is 0. The highest BCUT2D eigenvalue weighted by Gasteiger charge is 2.31. The van der Waals surface area contributed by atoms with Crippen LogP contribution in [0.25, 0.3) is 11.0 Å². The first kappa shape index (κ1) is 10.5. The molecule has 0 unspecified atom stereocenters. The summed E-state index contributed by atoms with van der Waals surface area (Å²) in [5, 5.41) is 8.65. The third-order valence-corrected chi connectivity index (χ3v) is 3.77. The molecular formula is C12H17N5. The van der Waals surface area contributed by atoms with E-state index >= 15 is 0 Å². The molecule has 0 atom stereocenters. The molecular weight excluding hydrogens is 214 g/mol. The molecule has 0 amide bonds. The molecule has 0 saturated heterocycles. The Labute approximate surface area is 100 Å². The number of rotatable bonds is 3. The van der Waals surface area contributed by atoms with E-state index in [0.717, 1.165) is 23.4 Å². The Hall–Kier alpha value is -1.65. The maximum Gasteiger partial charge on any atom is 0.163 e. The summed E-state index contributed by atoms with van der Waals surface area (Å²) in [6.07, 6.45) is 7.38. The molecule has 5 heteroatoms. The van der Waals surface area contributed by atoms with Crippen molar-refractivity contribution in [2.45, 2.75) is 26.2 Å². The zero-order valence-corrected chi connectivity index (χ0v) is 10.3. The van der Waals surface area contributed by atoms with E-state index in [-0.39, 0.29) is 0 Å². The lowest BCUT2D eigenvalue weighted by Gasteiger charge is -2.38. The predicted octanol–water partition coefficient (Wildman–Crippen LogP) is 1.97. The van der Waals surface area contributed by atoms with Gasteiger partial charge in [0, 0.05) is 13.6 Å². The summed E-state index contributed by atoms with van der Waals surface area (Å²) < 4.78 is 1.77. The summed E-state index contributed by atoms with van der Waals surface area (Å²) in [7, 11) is 1.90. The molecule has 17 heavy (non-hydrogen) atoms. The zero-order chi connectivity index (χ0) is 11.9. The maximum atomic E-state index is 4.31. The van der Waals surface area contributed by atoms with Gasteiger partial charge in [-0.3, -0.25) is 4.68 Å². The van der Waals surface area contributed by atoms with Crippen LogP contribution in [0, 0.1) is 5.41 Å². The minimum atomic E-state index is 0.444. The number of hydrogen-bond acceptors (Lipinski definition) is 4. The molecule has 1 fully saturated rings. The first-order valence-corrected chi connectivity index (χ1v) is 6.05. The number of anilines is 1. The van der Waals surface area contributed by atoms with Gasteiger partial charge in [0.15, 0.2) is 5.65 Å². The molecule has 0 spiro atoms. The molecule has 5 nitrogen and oxygen atoms in total. The minimum absolute atomic E-state index is 0.444. The number of nitrogens with zero attached hydrogens (tertiary/aromatic N) is 4. The van der Waals surface area contributed by atoms with Gasteiger partial charge in [0.2, 0.25) is 0 Å². The van der Waals surface area contributed by atoms with Crippen molar-refractivity contribution >= 4 is 16.9 Å². The molecule has 2 aromatic heterocycles. The van der Waals surface area contributed by atoms with Gasteiger partial charge in [-0.05, 0) is 18.3 Å². The van der Waals surface area contributed by atoms with E-state index in [1.165, 1.54) is 19.3 Å². The highest BCUT2D eigenvalue weighted by molar-refractivity contribution is 5.85. The summed E-state index contributed by atoms with van der Waals surface area (Å²) in [4.78, 5) is 8.54. The lowest BCUT2D eigenvalue weighted by Crippen LogP contribution is -2.33. The van der Waals surface area contributed by atoms with E-state index in [1.54, 1.807) is 11.0 Å². The number of aromatic nitrogens is 4. The van der Waals surface area contributed by atoms with Gasteiger partial charge < -0.3 is 5.32 Å². The van der Waals surface area contributed by atoms with E-state index in [4.69, 9.17) is 0 Å². The second kappa shape index (κ2) is 3.68. The van der Waals surface area contributed by atoms with Gasteiger partial charge in [-0.1, -0.05) is 13.3 Å². The standard InChI is InChI=1S/C12H17N5/c1-12(4-3-5-12)7-13-10-9-6-16-17(2)11(9)15-8-14-10/h6,8H,3-5,7H2,1-2H3,(H,13,14,15). The summed E-state index contributed by atoms with van der Waals surface area (Å²) in [5.74, 6) is 0.899. The van der Waals surface area contributed by atoms with E-state index < -0.39 is 0 Å². The van der Waals surface area contributed by atoms with Crippen LogP contribution in [0.3, 0.4) is 0 Å². The van der Waals surface area contributed by atoms with Crippen molar-refractivity contribution in [1.29, 1.82) is 0 Å². The Morgan fingerprint density at radius 2 is 2.24 bits per heavy atom. The van der Waals surface area contributed by atoms with Crippen molar-refractivity contribution < 1.29 is 0 Å². The van der Waals surface area contributed by atoms with Gasteiger partial charge in [0.25, 0.3) is 0 Å². The Bertz CT molecular complexity index is 541. The van der Waals surface area contributed by atoms with E-state index in [0.29, 0.717) is 5.41 Å². The first-order chi connectivity index (χ1) is 8.18. The van der Waals surface area contributed by atoms with Crippen LogP contribution in [0.5, 0.6) is 0 Å². The molecule has 2 heterocycles. The van der Waals surface area contributed by atoms with Gasteiger partial charge >= 0.3 is 0 Å². The Kier molecular flexibility index (Phi) is 2.28. The Morgan fingerprint density at radius 1 is 1.41 bits per heavy atom. The van der Waals surface area contributed by atoms with Crippen LogP contribution in [-0.2, 0) is 7.05 Å². The molecule has 1 aliphatic carbocycles. The highest BCUT2D eigenvalue weighted by Crippen LogP contribution is 2.40. The van der Waals surface area contributed by atoms with Crippen LogP contribution >= 0.6 is 0 Å². The Morgan fingerprint density at radius 3 is 2.94 bits per heavy atom. The number of nitrogens with one attached hydrogen (secondary N) is 1. The molecule has 2 aromatic rings. The maximum absolute atomic E-state index is 4.31. The van der Waals surface area contributed by atoms with Crippen LogP contribution in [0.2, 0.25) is 0 Å². The smallest absolute Gasteiger partial charge is 0.163 e. The van der Waals surface area contributed by atoms with Crippen LogP contribution in [0.15, 0.2) is 12.5 Å². The fourth-order valence-corrected chi connectivity index (χ4v) is 2.36. The molecule has 0 aromatic carbocycles. The monoisotopic (exact) mass is 231 g/mol. The average Bonchev–Trinajstić information content (AvgIpc) is 2.67. The van der Waals surface area contributed by atoms with Crippen molar-refractivity contribution in [2.75, 3.05) is 11.9 Å². The second-order valence-corrected chi connectivity index (χ2v) is 5.25. The van der Waals surface area contributed by atoms with Crippen molar-refractivity contribution in [3.05, 3.63) is 12.5 Å². The summed E-state index contributed by atoms with van der Waals surface area (Å²) >= 11 is 0. The zero-order valence-electron chi connectivity index (χ0n) is 10.3. The van der Waals surface area contributed by atoms with Gasteiger partial charge in [-0.15, -0.1) is 0 Å². The second-order valence-electron chi connectivity index (χ2n) is 5.25. The number of aryl methyl sites for hydroxylation is 1. The minimum Gasteiger partial charge on any atom is -0.369 e. The van der Waals surface area contributed by atoms with Gasteiger partial charge in [0.1, 0.15) is 12.1 Å². The number of hydrogen-bond donors (Lipinski definition) is 1. The molecule has 1 N–H and O–H groups in total. The molecule has 1 saturated carbocycles. The van der Waals surface area contributed by atoms with Gasteiger partial charge in [-0.25, -0.2) is 9.97 Å². The van der Waals surface area contributed by atoms with Gasteiger partial charge in [-0.2, -0.15) is 5.10 Å². The highest BCUT2D eigenvalue weighted by atomic mass is 15.3. The molecule has 0 bridgehead atoms. The lowest BCUT2D eigenvalue weighted by atomic mass is 9.70. The van der Waals surface area contributed by atoms with Crippen molar-refractivity contribution in [2.24, 2.45) is 12.5 Å². The molecule has 0 aliphatic heterocycles. The van der Waals surface area contributed by atoms with Crippen LogP contribution < -0.4 is 5.32 Å². The molecule has 90 valence electrons. The lowest BCUT2D eigenvalue weighted by molar-refractivity contribution is 0.180. The van der Waals surface area contributed by atoms with Crippen LogP contribution in [0.4, 0.5) is 5.82 Å². The van der Waals surface area contributed by atoms with Crippen LogP contribution in [-0.4, -0.2) is 26.3 Å². The topological polar surface area (TPSA) is 55.6 Å². The molecule has 1 aliphatic rings. The van der Waals surface area contributed by atoms with E-state index in [2.05, 4.69) is 27.3 Å². The van der Waals surface area contributed by atoms with Crippen molar-refractivity contribution in [3.8, 4) is 0 Å². The quantitative estimate of drug-likeness (QED) is 0.877. The molecule has 3 rings (SSSR count). The summed E-state index contributed by atoms with van der Waals surface area (Å²) in [5.41, 5.74) is 1.32. The van der Waals surface area contributed by atoms with Crippen LogP contribution in [0.1, 0.15) is 26.2 Å².